The molecule has 1 fully saturated rings. The van der Waals surface area contributed by atoms with E-state index in [4.69, 9.17) is 30.0 Å². The van der Waals surface area contributed by atoms with Crippen molar-refractivity contribution in [2.24, 2.45) is 20.6 Å². The summed E-state index contributed by atoms with van der Waals surface area (Å²) in [6.07, 6.45) is 3.39. The fraction of sp³-hybridized carbons (Fsp3) is 0.467. The van der Waals surface area contributed by atoms with Crippen LogP contribution in [0.4, 0.5) is 4.79 Å². The topological polar surface area (TPSA) is 195 Å². The average molecular weight is 624 g/mol. The Morgan fingerprint density at radius 3 is 2.44 bits per heavy atom. The van der Waals surface area contributed by atoms with E-state index in [2.05, 4.69) is 31.4 Å². The van der Waals surface area contributed by atoms with Gasteiger partial charge in [-0.1, -0.05) is 48.0 Å². The normalized spacial score (nSPS) is 14.4. The number of carbonyl (C=O) groups is 2. The van der Waals surface area contributed by atoms with Crippen molar-refractivity contribution in [3.8, 4) is 0 Å². The van der Waals surface area contributed by atoms with Crippen LogP contribution in [-0.2, 0) is 38.7 Å². The molecule has 1 atom stereocenters. The molecule has 0 heterocycles. The minimum absolute atomic E-state index is 0.0402. The van der Waals surface area contributed by atoms with Crippen LogP contribution in [0.15, 0.2) is 69.1 Å². The number of hydroxylamine groups is 2. The highest BCUT2D eigenvalue weighted by Crippen LogP contribution is 2.21. The van der Waals surface area contributed by atoms with Crippen molar-refractivity contribution in [3.63, 3.8) is 0 Å². The molecule has 2 aromatic carbocycles. The Morgan fingerprint density at radius 2 is 1.71 bits per heavy atom. The van der Waals surface area contributed by atoms with E-state index in [1.54, 1.807) is 25.1 Å². The molecule has 2 aromatic rings. The molecule has 3 rings (SSSR count). The summed E-state index contributed by atoms with van der Waals surface area (Å²) in [5.74, 6) is -0.394. The van der Waals surface area contributed by atoms with Crippen LogP contribution in [0.25, 0.3) is 0 Å². The van der Waals surface area contributed by atoms with E-state index in [0.717, 1.165) is 47.4 Å². The number of benzene rings is 2. The van der Waals surface area contributed by atoms with Gasteiger partial charge in [0.05, 0.1) is 33.2 Å². The number of nitrogens with zero attached hydrogens (tertiary/aromatic N) is 5. The lowest BCUT2D eigenvalue weighted by atomic mass is 9.98. The predicted molar refractivity (Wildman–Crippen MR) is 164 cm³/mol. The number of ether oxygens (including phenoxy) is 3. The van der Waals surface area contributed by atoms with Crippen molar-refractivity contribution in [2.45, 2.75) is 77.5 Å². The molecule has 1 unspecified atom stereocenters. The highest BCUT2D eigenvalue weighted by Gasteiger charge is 2.20. The van der Waals surface area contributed by atoms with Crippen LogP contribution in [0.5, 0.6) is 0 Å². The number of rotatable bonds is 15. The largest absolute Gasteiger partial charge is 0.510 e. The Kier molecular flexibility index (Phi) is 14.5. The van der Waals surface area contributed by atoms with Gasteiger partial charge in [-0.05, 0) is 61.4 Å². The van der Waals surface area contributed by atoms with Crippen LogP contribution < -0.4 is 10.9 Å². The van der Waals surface area contributed by atoms with Crippen molar-refractivity contribution < 1.29 is 28.6 Å². The lowest BCUT2D eigenvalue weighted by Gasteiger charge is -2.22. The Balaban J connectivity index is 1.37. The van der Waals surface area contributed by atoms with Crippen LogP contribution >= 0.6 is 0 Å². The van der Waals surface area contributed by atoms with Gasteiger partial charge in [-0.3, -0.25) is 20.5 Å². The third-order valence-corrected chi connectivity index (χ3v) is 6.76. The number of amidine groups is 2. The minimum Gasteiger partial charge on any atom is -0.431 e. The van der Waals surface area contributed by atoms with Gasteiger partial charge in [-0.25, -0.2) is 15.4 Å². The van der Waals surface area contributed by atoms with Gasteiger partial charge in [0.2, 0.25) is 6.29 Å². The average Bonchev–Trinajstić information content (AvgIpc) is 3.05. The van der Waals surface area contributed by atoms with E-state index < -0.39 is 12.4 Å². The molecule has 15 nitrogen and oxygen atoms in total. The highest BCUT2D eigenvalue weighted by atomic mass is 16.8. The second-order valence-electron chi connectivity index (χ2n) is 10.3. The first kappa shape index (κ1) is 34.7. The molecule has 0 aromatic heterocycles. The smallest absolute Gasteiger partial charge is 0.431 e. The van der Waals surface area contributed by atoms with Crippen molar-refractivity contribution in [3.05, 3.63) is 70.8 Å². The summed E-state index contributed by atoms with van der Waals surface area (Å²) >= 11 is 0. The zero-order valence-electron chi connectivity index (χ0n) is 25.8. The summed E-state index contributed by atoms with van der Waals surface area (Å²) < 4.78 is 16.2. The van der Waals surface area contributed by atoms with E-state index in [1.807, 2.05) is 30.3 Å². The minimum atomic E-state index is -0.757. The zero-order valence-corrected chi connectivity index (χ0v) is 25.8. The molecule has 1 amide bonds. The van der Waals surface area contributed by atoms with Gasteiger partial charge in [0, 0.05) is 12.6 Å². The van der Waals surface area contributed by atoms with Crippen LogP contribution in [0, 0.1) is 10.9 Å². The summed E-state index contributed by atoms with van der Waals surface area (Å²) in [6, 6.07) is 14.5. The highest BCUT2D eigenvalue weighted by molar-refractivity contribution is 6.01. The zero-order chi connectivity index (χ0) is 32.4. The number of amides is 1. The maximum Gasteiger partial charge on any atom is 0.510 e. The Bertz CT molecular complexity index is 1350. The van der Waals surface area contributed by atoms with E-state index >= 15 is 0 Å². The summed E-state index contributed by atoms with van der Waals surface area (Å²) in [7, 11) is 2.93. The molecule has 1 aliphatic rings. The molecule has 242 valence electrons. The van der Waals surface area contributed by atoms with Gasteiger partial charge in [0.25, 0.3) is 5.91 Å². The molecule has 0 saturated heterocycles. The Hall–Kier alpha value is -4.76. The van der Waals surface area contributed by atoms with E-state index in [-0.39, 0.29) is 43.3 Å². The van der Waals surface area contributed by atoms with Gasteiger partial charge in [-0.2, -0.15) is 5.10 Å². The molecule has 0 spiro atoms. The fourth-order valence-electron chi connectivity index (χ4n) is 4.37. The molecule has 15 heteroatoms. The van der Waals surface area contributed by atoms with Gasteiger partial charge in [0.15, 0.2) is 11.7 Å². The monoisotopic (exact) mass is 623 g/mol. The Labute approximate surface area is 262 Å². The third kappa shape index (κ3) is 12.8. The fourth-order valence-corrected chi connectivity index (χ4v) is 4.37. The van der Waals surface area contributed by atoms with E-state index in [0.29, 0.717) is 12.1 Å². The molecule has 4 N–H and O–H groups in total. The molecule has 45 heavy (non-hydrogen) atoms. The second kappa shape index (κ2) is 18.8. The van der Waals surface area contributed by atoms with Gasteiger partial charge in [-0.15, -0.1) is 10.2 Å². The molecule has 1 aliphatic carbocycles. The van der Waals surface area contributed by atoms with Crippen molar-refractivity contribution in [2.75, 3.05) is 14.2 Å². The lowest BCUT2D eigenvalue weighted by Crippen LogP contribution is -2.25. The van der Waals surface area contributed by atoms with Crippen LogP contribution in [0.3, 0.4) is 0 Å². The predicted octanol–water partition coefficient (Wildman–Crippen LogP) is 5.63. The molecule has 0 aliphatic heterocycles. The second-order valence-corrected chi connectivity index (χ2v) is 10.3. The molecular formula is C30H41N9O6. The lowest BCUT2D eigenvalue weighted by molar-refractivity contribution is -0.124. The molecular weight excluding hydrogens is 582 g/mol. The van der Waals surface area contributed by atoms with E-state index in [1.165, 1.54) is 20.6 Å². The van der Waals surface area contributed by atoms with Gasteiger partial charge >= 0.3 is 6.16 Å². The van der Waals surface area contributed by atoms with Crippen LogP contribution in [0.1, 0.15) is 72.5 Å². The van der Waals surface area contributed by atoms with Gasteiger partial charge in [0.1, 0.15) is 6.10 Å². The van der Waals surface area contributed by atoms with E-state index in [9.17, 15) is 9.59 Å². The first-order valence-corrected chi connectivity index (χ1v) is 14.6. The number of carbonyl (C=O) groups excluding carboxylic acids is 2. The van der Waals surface area contributed by atoms with Crippen molar-refractivity contribution in [1.29, 1.82) is 10.9 Å². The number of hydrogen-bond acceptors (Lipinski definition) is 11. The van der Waals surface area contributed by atoms with Crippen LogP contribution in [-0.4, -0.2) is 55.3 Å². The van der Waals surface area contributed by atoms with Crippen molar-refractivity contribution in [1.82, 2.24) is 15.9 Å². The Morgan fingerprint density at radius 1 is 1.02 bits per heavy atom. The quantitative estimate of drug-likeness (QED) is 0.0489. The summed E-state index contributed by atoms with van der Waals surface area (Å²) in [5, 5.41) is 24.2. The third-order valence-electron chi connectivity index (χ3n) is 6.76. The number of hydrazone groups is 1. The number of hydrogen-bond donors (Lipinski definition) is 4. The van der Waals surface area contributed by atoms with Crippen LogP contribution in [0.2, 0.25) is 0 Å². The standard InChI is InChI=1S/C30H41N9O6/c1-21(44-30(41)45-26-13-5-4-6-14-26)43-20-24-11-7-9-22(15-24)19-34-38-36-27(31)17-28(35-32)37-33-18-23-10-8-12-25(16-23)29(40)39(2)42-3/h7-12,15-16,21,26,32-33H,4-6,13-14,17-20H2,1-3H3,(H2,31,34,36)/b35-32?,37-28-. The summed E-state index contributed by atoms with van der Waals surface area (Å²) in [6.45, 7) is 2.50. The molecule has 0 bridgehead atoms. The first-order valence-electron chi connectivity index (χ1n) is 14.6. The maximum atomic E-state index is 12.3. The SMILES string of the molecule is CON(C)C(=O)c1cccc(CN/N=C(/CC(=N)/N=N\NCc2cccc(COC(C)OC(=O)OC3CCCCC3)c2)N=N)c1. The van der Waals surface area contributed by atoms with Crippen molar-refractivity contribution >= 4 is 23.7 Å². The summed E-state index contributed by atoms with van der Waals surface area (Å²) in [5.41, 5.74) is 16.0. The molecule has 0 radical (unpaired) electrons. The van der Waals surface area contributed by atoms with Gasteiger partial charge < -0.3 is 19.6 Å². The number of nitrogens with one attached hydrogen (secondary N) is 4. The summed E-state index contributed by atoms with van der Waals surface area (Å²) in [4.78, 5) is 29.2. The molecule has 1 saturated carbocycles. The maximum absolute atomic E-state index is 12.3. The first-order chi connectivity index (χ1) is 21.8.